The Morgan fingerprint density at radius 3 is 2.67 bits per heavy atom. The Kier molecular flexibility index (Phi) is 4.71. The van der Waals surface area contributed by atoms with E-state index < -0.39 is 0 Å². The van der Waals surface area contributed by atoms with Gasteiger partial charge in [-0.05, 0) is 24.3 Å². The summed E-state index contributed by atoms with van der Waals surface area (Å²) in [7, 11) is 0. The molecule has 1 heterocycles. The fraction of sp³-hybridized carbons (Fsp3) is 0.267. The van der Waals surface area contributed by atoms with Crippen molar-refractivity contribution < 1.29 is 9.59 Å². The van der Waals surface area contributed by atoms with E-state index in [1.165, 1.54) is 6.92 Å². The zero-order chi connectivity index (χ0) is 15.2. The molecule has 0 bridgehead atoms. The lowest BCUT2D eigenvalue weighted by Crippen LogP contribution is -2.34. The molecule has 6 nitrogen and oxygen atoms in total. The van der Waals surface area contributed by atoms with Crippen LogP contribution in [0, 0.1) is 0 Å². The zero-order valence-electron chi connectivity index (χ0n) is 11.8. The van der Waals surface area contributed by atoms with Gasteiger partial charge in [0.05, 0.1) is 17.6 Å². The van der Waals surface area contributed by atoms with Gasteiger partial charge in [0.2, 0.25) is 11.8 Å². The van der Waals surface area contributed by atoms with Crippen LogP contribution in [0.25, 0.3) is 10.9 Å². The minimum absolute atomic E-state index is 0.111. The zero-order valence-corrected chi connectivity index (χ0v) is 11.8. The van der Waals surface area contributed by atoms with Gasteiger partial charge in [-0.1, -0.05) is 6.07 Å². The molecule has 0 saturated carbocycles. The van der Waals surface area contributed by atoms with Crippen molar-refractivity contribution in [2.75, 3.05) is 18.8 Å². The number of amides is 2. The average molecular weight is 286 g/mol. The highest BCUT2D eigenvalue weighted by molar-refractivity contribution is 5.83. The summed E-state index contributed by atoms with van der Waals surface area (Å²) in [6.07, 6.45) is 0.209. The summed E-state index contributed by atoms with van der Waals surface area (Å²) in [5.74, 6) is -0.234. The van der Waals surface area contributed by atoms with E-state index in [1.807, 2.05) is 24.3 Å². The van der Waals surface area contributed by atoms with E-state index >= 15 is 0 Å². The molecule has 0 aliphatic heterocycles. The number of nitrogens with zero attached hydrogens (tertiary/aromatic N) is 1. The SMILES string of the molecule is CC(=O)NCCNC(=O)Cc1ccc2cc(N)ccc2n1. The van der Waals surface area contributed by atoms with Gasteiger partial charge in [-0.15, -0.1) is 0 Å². The van der Waals surface area contributed by atoms with Crippen LogP contribution in [-0.2, 0) is 16.0 Å². The third-order valence-corrected chi connectivity index (χ3v) is 2.93. The number of fused-ring (bicyclic) bond motifs is 1. The van der Waals surface area contributed by atoms with Crippen LogP contribution in [0.3, 0.4) is 0 Å². The molecule has 0 aliphatic rings. The first-order valence-corrected chi connectivity index (χ1v) is 6.71. The smallest absolute Gasteiger partial charge is 0.226 e. The normalized spacial score (nSPS) is 10.3. The third kappa shape index (κ3) is 4.45. The number of rotatable bonds is 5. The van der Waals surface area contributed by atoms with E-state index in [-0.39, 0.29) is 18.2 Å². The van der Waals surface area contributed by atoms with E-state index in [1.54, 1.807) is 6.07 Å². The maximum atomic E-state index is 11.8. The standard InChI is InChI=1S/C15H18N4O2/c1-10(20)17-6-7-18-15(21)9-13-4-2-11-8-12(16)3-5-14(11)19-13/h2-5,8H,6-7,9,16H2,1H3,(H,17,20)(H,18,21). The fourth-order valence-electron chi connectivity index (χ4n) is 1.95. The predicted molar refractivity (Wildman–Crippen MR) is 81.6 cm³/mol. The van der Waals surface area contributed by atoms with Crippen molar-refractivity contribution >= 4 is 28.4 Å². The van der Waals surface area contributed by atoms with Crippen LogP contribution in [-0.4, -0.2) is 29.9 Å². The summed E-state index contributed by atoms with van der Waals surface area (Å²) in [5, 5.41) is 6.29. The Morgan fingerprint density at radius 1 is 1.14 bits per heavy atom. The van der Waals surface area contributed by atoms with Gasteiger partial charge in [0.25, 0.3) is 0 Å². The first kappa shape index (κ1) is 14.8. The second-order valence-electron chi connectivity index (χ2n) is 4.76. The van der Waals surface area contributed by atoms with Crippen molar-refractivity contribution in [2.24, 2.45) is 0 Å². The van der Waals surface area contributed by atoms with Gasteiger partial charge in [0, 0.05) is 31.1 Å². The lowest BCUT2D eigenvalue weighted by Gasteiger charge is -2.06. The van der Waals surface area contributed by atoms with E-state index in [2.05, 4.69) is 15.6 Å². The Bertz CT molecular complexity index is 670. The summed E-state index contributed by atoms with van der Waals surface area (Å²) < 4.78 is 0. The molecular weight excluding hydrogens is 268 g/mol. The molecule has 2 amide bonds. The van der Waals surface area contributed by atoms with Gasteiger partial charge in [-0.3, -0.25) is 14.6 Å². The second kappa shape index (κ2) is 6.69. The highest BCUT2D eigenvalue weighted by Gasteiger charge is 2.05. The first-order chi connectivity index (χ1) is 10.0. The third-order valence-electron chi connectivity index (χ3n) is 2.93. The van der Waals surface area contributed by atoms with Crippen molar-refractivity contribution in [3.63, 3.8) is 0 Å². The number of nitrogen functional groups attached to an aromatic ring is 1. The van der Waals surface area contributed by atoms with Crippen LogP contribution in [0.1, 0.15) is 12.6 Å². The summed E-state index contributed by atoms with van der Waals surface area (Å²) >= 11 is 0. The number of anilines is 1. The molecule has 0 fully saturated rings. The highest BCUT2D eigenvalue weighted by Crippen LogP contribution is 2.16. The van der Waals surface area contributed by atoms with Gasteiger partial charge in [-0.2, -0.15) is 0 Å². The monoisotopic (exact) mass is 286 g/mol. The van der Waals surface area contributed by atoms with Gasteiger partial charge < -0.3 is 16.4 Å². The molecule has 2 rings (SSSR count). The average Bonchev–Trinajstić information content (AvgIpc) is 2.43. The largest absolute Gasteiger partial charge is 0.399 e. The molecule has 0 aliphatic carbocycles. The van der Waals surface area contributed by atoms with Crippen LogP contribution in [0.4, 0.5) is 5.69 Å². The molecule has 6 heteroatoms. The van der Waals surface area contributed by atoms with E-state index in [9.17, 15) is 9.59 Å². The molecule has 0 saturated heterocycles. The van der Waals surface area contributed by atoms with Gasteiger partial charge >= 0.3 is 0 Å². The molecule has 1 aromatic heterocycles. The van der Waals surface area contributed by atoms with Crippen LogP contribution >= 0.6 is 0 Å². The fourth-order valence-corrected chi connectivity index (χ4v) is 1.95. The van der Waals surface area contributed by atoms with E-state index in [4.69, 9.17) is 5.73 Å². The first-order valence-electron chi connectivity index (χ1n) is 6.71. The van der Waals surface area contributed by atoms with Crippen LogP contribution in [0.15, 0.2) is 30.3 Å². The number of hydrogen-bond donors (Lipinski definition) is 3. The molecule has 110 valence electrons. The Labute approximate surface area is 122 Å². The highest BCUT2D eigenvalue weighted by atomic mass is 16.2. The van der Waals surface area contributed by atoms with Gasteiger partial charge in [-0.25, -0.2) is 0 Å². The maximum Gasteiger partial charge on any atom is 0.226 e. The Hall–Kier alpha value is -2.63. The van der Waals surface area contributed by atoms with Crippen molar-refractivity contribution in [3.8, 4) is 0 Å². The van der Waals surface area contributed by atoms with Gasteiger partial charge in [0.1, 0.15) is 0 Å². The van der Waals surface area contributed by atoms with Gasteiger partial charge in [0.15, 0.2) is 0 Å². The topological polar surface area (TPSA) is 97.1 Å². The van der Waals surface area contributed by atoms with Crippen molar-refractivity contribution in [2.45, 2.75) is 13.3 Å². The molecule has 0 unspecified atom stereocenters. The summed E-state index contributed by atoms with van der Waals surface area (Å²) in [4.78, 5) is 26.9. The Morgan fingerprint density at radius 2 is 1.90 bits per heavy atom. The maximum absolute atomic E-state index is 11.8. The Balaban J connectivity index is 1.92. The number of pyridine rings is 1. The molecule has 0 atom stereocenters. The van der Waals surface area contributed by atoms with Crippen molar-refractivity contribution in [1.29, 1.82) is 0 Å². The predicted octanol–water partition coefficient (Wildman–Crippen LogP) is 0.612. The molecule has 21 heavy (non-hydrogen) atoms. The summed E-state index contributed by atoms with van der Waals surface area (Å²) in [6, 6.07) is 9.18. The number of aromatic nitrogens is 1. The van der Waals surface area contributed by atoms with E-state index in [0.29, 0.717) is 24.5 Å². The summed E-state index contributed by atoms with van der Waals surface area (Å²) in [6.45, 7) is 2.27. The minimum atomic E-state index is -0.123. The van der Waals surface area contributed by atoms with Crippen molar-refractivity contribution in [1.82, 2.24) is 15.6 Å². The van der Waals surface area contributed by atoms with Crippen molar-refractivity contribution in [3.05, 3.63) is 36.0 Å². The minimum Gasteiger partial charge on any atom is -0.399 e. The number of nitrogens with one attached hydrogen (secondary N) is 2. The number of carbonyl (C=O) groups excluding carboxylic acids is 2. The molecular formula is C15H18N4O2. The number of nitrogens with two attached hydrogens (primary N) is 1. The quantitative estimate of drug-likeness (QED) is 0.554. The van der Waals surface area contributed by atoms with Crippen LogP contribution < -0.4 is 16.4 Å². The molecule has 4 N–H and O–H groups in total. The number of carbonyl (C=O) groups is 2. The second-order valence-corrected chi connectivity index (χ2v) is 4.76. The number of hydrogen-bond acceptors (Lipinski definition) is 4. The lowest BCUT2D eigenvalue weighted by atomic mass is 10.1. The molecule has 1 aromatic carbocycles. The van der Waals surface area contributed by atoms with Crippen LogP contribution in [0.2, 0.25) is 0 Å². The lowest BCUT2D eigenvalue weighted by molar-refractivity contribution is -0.121. The molecule has 0 radical (unpaired) electrons. The number of benzene rings is 1. The summed E-state index contributed by atoms with van der Waals surface area (Å²) in [5.41, 5.74) is 7.91. The van der Waals surface area contributed by atoms with Crippen LogP contribution in [0.5, 0.6) is 0 Å². The molecule has 2 aromatic rings. The van der Waals surface area contributed by atoms with E-state index in [0.717, 1.165) is 10.9 Å². The molecule has 0 spiro atoms.